The number of aromatic nitrogens is 2. The van der Waals surface area contributed by atoms with Crippen molar-refractivity contribution in [3.8, 4) is 0 Å². The van der Waals surface area contributed by atoms with Crippen molar-refractivity contribution in [2.24, 2.45) is 10.3 Å². The van der Waals surface area contributed by atoms with Crippen LogP contribution in [0.2, 0.25) is 0 Å². The SMILES string of the molecule is CCN(CC)N=Nc1ccc2cn[nH]c2c1. The molecule has 0 saturated heterocycles. The summed E-state index contributed by atoms with van der Waals surface area (Å²) in [7, 11) is 0. The third-order valence-corrected chi connectivity index (χ3v) is 2.44. The standard InChI is InChI=1S/C11H15N5/c1-3-16(4-2)15-13-10-6-5-9-8-12-14-11(9)7-10/h5-8H,3-4H2,1-2H3,(H,12,14). The fourth-order valence-electron chi connectivity index (χ4n) is 1.45. The number of fused-ring (bicyclic) bond motifs is 1. The van der Waals surface area contributed by atoms with Crippen molar-refractivity contribution in [3.63, 3.8) is 0 Å². The Bertz CT molecular complexity index is 484. The summed E-state index contributed by atoms with van der Waals surface area (Å²) in [6, 6.07) is 5.86. The van der Waals surface area contributed by atoms with Gasteiger partial charge in [0.15, 0.2) is 0 Å². The Balaban J connectivity index is 2.20. The van der Waals surface area contributed by atoms with Gasteiger partial charge in [0.25, 0.3) is 0 Å². The fourth-order valence-corrected chi connectivity index (χ4v) is 1.45. The molecule has 0 aliphatic rings. The minimum absolute atomic E-state index is 0.837. The normalized spacial score (nSPS) is 11.4. The van der Waals surface area contributed by atoms with E-state index in [0.29, 0.717) is 0 Å². The molecule has 0 aliphatic carbocycles. The van der Waals surface area contributed by atoms with Gasteiger partial charge in [-0.15, -0.1) is 5.11 Å². The molecule has 1 aromatic heterocycles. The van der Waals surface area contributed by atoms with Crippen LogP contribution in [0.1, 0.15) is 13.8 Å². The van der Waals surface area contributed by atoms with E-state index in [2.05, 4.69) is 34.4 Å². The average Bonchev–Trinajstić information content (AvgIpc) is 2.77. The Hall–Kier alpha value is -1.91. The first-order chi connectivity index (χ1) is 7.83. The van der Waals surface area contributed by atoms with Crippen LogP contribution < -0.4 is 0 Å². The van der Waals surface area contributed by atoms with Crippen molar-refractivity contribution in [1.82, 2.24) is 15.2 Å². The molecule has 0 saturated carbocycles. The van der Waals surface area contributed by atoms with Crippen LogP contribution in [0.25, 0.3) is 10.9 Å². The smallest absolute Gasteiger partial charge is 0.0895 e. The topological polar surface area (TPSA) is 56.6 Å². The lowest BCUT2D eigenvalue weighted by molar-refractivity contribution is 0.301. The van der Waals surface area contributed by atoms with Gasteiger partial charge in [-0.05, 0) is 32.0 Å². The van der Waals surface area contributed by atoms with E-state index in [-0.39, 0.29) is 0 Å². The molecule has 0 amide bonds. The Morgan fingerprint density at radius 3 is 2.88 bits per heavy atom. The van der Waals surface area contributed by atoms with Gasteiger partial charge in [-0.2, -0.15) is 5.10 Å². The largest absolute Gasteiger partial charge is 0.279 e. The molecule has 1 aromatic carbocycles. The van der Waals surface area contributed by atoms with Crippen LogP contribution in [0, 0.1) is 0 Å². The van der Waals surface area contributed by atoms with Crippen molar-refractivity contribution in [1.29, 1.82) is 0 Å². The van der Waals surface area contributed by atoms with Gasteiger partial charge in [-0.3, -0.25) is 10.1 Å². The van der Waals surface area contributed by atoms with Crippen molar-refractivity contribution in [3.05, 3.63) is 24.4 Å². The van der Waals surface area contributed by atoms with Gasteiger partial charge in [-0.1, -0.05) is 5.22 Å². The molecule has 2 rings (SSSR count). The molecule has 0 fully saturated rings. The molecule has 16 heavy (non-hydrogen) atoms. The number of aromatic amines is 1. The van der Waals surface area contributed by atoms with E-state index in [9.17, 15) is 0 Å². The van der Waals surface area contributed by atoms with Crippen LogP contribution in [0.5, 0.6) is 0 Å². The Morgan fingerprint density at radius 1 is 1.31 bits per heavy atom. The molecule has 0 atom stereocenters. The molecule has 0 bridgehead atoms. The number of hydrogen-bond acceptors (Lipinski definition) is 3. The lowest BCUT2D eigenvalue weighted by atomic mass is 10.2. The highest BCUT2D eigenvalue weighted by Gasteiger charge is 1.97. The predicted octanol–water partition coefficient (Wildman–Crippen LogP) is 2.90. The summed E-state index contributed by atoms with van der Waals surface area (Å²) in [6.45, 7) is 5.85. The molecule has 0 unspecified atom stereocenters. The van der Waals surface area contributed by atoms with E-state index >= 15 is 0 Å². The summed E-state index contributed by atoms with van der Waals surface area (Å²) in [5.74, 6) is 0. The zero-order chi connectivity index (χ0) is 11.4. The Kier molecular flexibility index (Phi) is 3.14. The van der Waals surface area contributed by atoms with Gasteiger partial charge < -0.3 is 0 Å². The third-order valence-electron chi connectivity index (χ3n) is 2.44. The highest BCUT2D eigenvalue weighted by atomic mass is 15.5. The first-order valence-electron chi connectivity index (χ1n) is 5.43. The average molecular weight is 217 g/mol. The summed E-state index contributed by atoms with van der Waals surface area (Å²) < 4.78 is 0. The van der Waals surface area contributed by atoms with Crippen molar-refractivity contribution in [2.75, 3.05) is 13.1 Å². The lowest BCUT2D eigenvalue weighted by Gasteiger charge is -2.10. The van der Waals surface area contributed by atoms with Crippen LogP contribution >= 0.6 is 0 Å². The van der Waals surface area contributed by atoms with E-state index in [1.54, 1.807) is 6.20 Å². The minimum Gasteiger partial charge on any atom is -0.279 e. The van der Waals surface area contributed by atoms with Gasteiger partial charge >= 0.3 is 0 Å². The number of nitrogens with one attached hydrogen (secondary N) is 1. The zero-order valence-corrected chi connectivity index (χ0v) is 9.51. The number of H-pyrrole nitrogens is 1. The number of rotatable bonds is 4. The first kappa shape index (κ1) is 10.6. The summed E-state index contributed by atoms with van der Waals surface area (Å²) in [5.41, 5.74) is 1.82. The highest BCUT2D eigenvalue weighted by molar-refractivity contribution is 5.80. The maximum atomic E-state index is 4.18. The van der Waals surface area contributed by atoms with Crippen molar-refractivity contribution in [2.45, 2.75) is 13.8 Å². The quantitative estimate of drug-likeness (QED) is 0.632. The van der Waals surface area contributed by atoms with Gasteiger partial charge in [0.1, 0.15) is 0 Å². The molecule has 1 N–H and O–H groups in total. The van der Waals surface area contributed by atoms with E-state index < -0.39 is 0 Å². The van der Waals surface area contributed by atoms with Gasteiger partial charge in [0, 0.05) is 18.5 Å². The molecule has 1 heterocycles. The molecular formula is C11H15N5. The van der Waals surface area contributed by atoms with Gasteiger partial charge in [0.05, 0.1) is 17.4 Å². The second-order valence-corrected chi connectivity index (χ2v) is 3.47. The second-order valence-electron chi connectivity index (χ2n) is 3.47. The molecule has 5 nitrogen and oxygen atoms in total. The molecule has 5 heteroatoms. The predicted molar refractivity (Wildman–Crippen MR) is 63.5 cm³/mol. The third kappa shape index (κ3) is 2.18. The first-order valence-corrected chi connectivity index (χ1v) is 5.43. The number of nitrogens with zero attached hydrogens (tertiary/aromatic N) is 4. The van der Waals surface area contributed by atoms with Crippen molar-refractivity contribution < 1.29 is 0 Å². The van der Waals surface area contributed by atoms with Crippen molar-refractivity contribution >= 4 is 16.6 Å². The van der Waals surface area contributed by atoms with E-state index in [0.717, 1.165) is 29.7 Å². The number of hydrogen-bond donors (Lipinski definition) is 1. The van der Waals surface area contributed by atoms with Gasteiger partial charge in [-0.25, -0.2) is 0 Å². The summed E-state index contributed by atoms with van der Waals surface area (Å²) in [5, 5.41) is 18.2. The summed E-state index contributed by atoms with van der Waals surface area (Å²) in [4.78, 5) is 0. The van der Waals surface area contributed by atoms with E-state index in [1.807, 2.05) is 23.2 Å². The monoisotopic (exact) mass is 217 g/mol. The zero-order valence-electron chi connectivity index (χ0n) is 9.51. The number of benzene rings is 1. The van der Waals surface area contributed by atoms with E-state index in [4.69, 9.17) is 0 Å². The molecule has 0 radical (unpaired) electrons. The van der Waals surface area contributed by atoms with Crippen LogP contribution in [0.3, 0.4) is 0 Å². The lowest BCUT2D eigenvalue weighted by Crippen LogP contribution is -2.14. The summed E-state index contributed by atoms with van der Waals surface area (Å²) >= 11 is 0. The maximum absolute atomic E-state index is 4.18. The molecule has 2 aromatic rings. The second kappa shape index (κ2) is 4.74. The molecule has 84 valence electrons. The van der Waals surface area contributed by atoms with Crippen LogP contribution in [0.15, 0.2) is 34.7 Å². The van der Waals surface area contributed by atoms with E-state index in [1.165, 1.54) is 0 Å². The Labute approximate surface area is 94.1 Å². The van der Waals surface area contributed by atoms with Gasteiger partial charge in [0.2, 0.25) is 0 Å². The Morgan fingerprint density at radius 2 is 2.12 bits per heavy atom. The molecule has 0 aliphatic heterocycles. The highest BCUT2D eigenvalue weighted by Crippen LogP contribution is 2.19. The van der Waals surface area contributed by atoms with Crippen LogP contribution in [-0.4, -0.2) is 28.3 Å². The fraction of sp³-hybridized carbons (Fsp3) is 0.364. The minimum atomic E-state index is 0.837. The summed E-state index contributed by atoms with van der Waals surface area (Å²) in [6.07, 6.45) is 1.79. The maximum Gasteiger partial charge on any atom is 0.0895 e. The van der Waals surface area contributed by atoms with Crippen LogP contribution in [-0.2, 0) is 0 Å². The van der Waals surface area contributed by atoms with Crippen LogP contribution in [0.4, 0.5) is 5.69 Å². The molecule has 0 spiro atoms. The molecular weight excluding hydrogens is 202 g/mol.